The average molecular weight is 340 g/mol. The summed E-state index contributed by atoms with van der Waals surface area (Å²) in [5.74, 6) is -1.28. The minimum atomic E-state index is -0.786. The number of benzene rings is 2. The molecular weight excluding hydrogens is 326 g/mol. The van der Waals surface area contributed by atoms with Crippen LogP contribution in [0.4, 0.5) is 26.0 Å². The predicted molar refractivity (Wildman–Crippen MR) is 89.8 cm³/mol. The number of hydrogen-bond donors (Lipinski definition) is 1. The van der Waals surface area contributed by atoms with Gasteiger partial charge in [0.25, 0.3) is 5.91 Å². The van der Waals surface area contributed by atoms with Crippen molar-refractivity contribution in [2.45, 2.75) is 6.54 Å². The Kier molecular flexibility index (Phi) is 3.49. The number of nitrogens with one attached hydrogen (secondary N) is 1. The maximum atomic E-state index is 13.5. The van der Waals surface area contributed by atoms with Gasteiger partial charge in [-0.2, -0.15) is 5.10 Å². The standard InChI is InChI=1S/C18H14F2N4O/c1-23-17-12(9-21-23)10-24(16-5-3-2-4-15(16)22-17)18(25)11-6-13(19)8-14(20)7-11/h2-9,22H,10H2,1H3. The first kappa shape index (κ1) is 15.3. The van der Waals surface area contributed by atoms with E-state index in [2.05, 4.69) is 10.4 Å². The Morgan fingerprint density at radius 1 is 1.16 bits per heavy atom. The number of rotatable bonds is 1. The van der Waals surface area contributed by atoms with Gasteiger partial charge in [-0.3, -0.25) is 9.48 Å². The summed E-state index contributed by atoms with van der Waals surface area (Å²) in [6.07, 6.45) is 1.67. The first-order valence-electron chi connectivity index (χ1n) is 7.68. The molecule has 0 atom stereocenters. The van der Waals surface area contributed by atoms with E-state index in [-0.39, 0.29) is 12.1 Å². The molecular formula is C18H14F2N4O. The van der Waals surface area contributed by atoms with Crippen LogP contribution < -0.4 is 10.2 Å². The Labute approximate surface area is 142 Å². The van der Waals surface area contributed by atoms with Crippen LogP contribution in [-0.4, -0.2) is 15.7 Å². The van der Waals surface area contributed by atoms with E-state index in [0.29, 0.717) is 5.69 Å². The molecule has 0 fully saturated rings. The number of aromatic nitrogens is 2. The molecule has 1 aliphatic rings. The molecule has 0 saturated carbocycles. The lowest BCUT2D eigenvalue weighted by Crippen LogP contribution is -2.30. The van der Waals surface area contributed by atoms with Gasteiger partial charge in [0.05, 0.1) is 24.1 Å². The van der Waals surface area contributed by atoms with E-state index in [0.717, 1.165) is 35.3 Å². The van der Waals surface area contributed by atoms with Crippen molar-refractivity contribution >= 4 is 23.1 Å². The number of anilines is 3. The lowest BCUT2D eigenvalue weighted by Gasteiger charge is -2.22. The molecule has 0 saturated heterocycles. The summed E-state index contributed by atoms with van der Waals surface area (Å²) in [7, 11) is 1.80. The van der Waals surface area contributed by atoms with E-state index in [1.807, 2.05) is 12.1 Å². The second-order valence-electron chi connectivity index (χ2n) is 5.83. The fraction of sp³-hybridized carbons (Fsp3) is 0.111. The van der Waals surface area contributed by atoms with Gasteiger partial charge in [0.2, 0.25) is 0 Å². The van der Waals surface area contributed by atoms with Gasteiger partial charge < -0.3 is 10.2 Å². The average Bonchev–Trinajstić information content (AvgIpc) is 2.83. The number of fused-ring (bicyclic) bond motifs is 2. The largest absolute Gasteiger partial charge is 0.338 e. The minimum Gasteiger partial charge on any atom is -0.338 e. The number of para-hydroxylation sites is 2. The van der Waals surface area contributed by atoms with Gasteiger partial charge in [0.1, 0.15) is 17.5 Å². The Hall–Kier alpha value is -3.22. The number of carbonyl (C=O) groups is 1. The van der Waals surface area contributed by atoms with Crippen LogP contribution >= 0.6 is 0 Å². The number of amides is 1. The normalized spacial score (nSPS) is 12.8. The van der Waals surface area contributed by atoms with Gasteiger partial charge in [-0.15, -0.1) is 0 Å². The number of nitrogens with zero attached hydrogens (tertiary/aromatic N) is 3. The van der Waals surface area contributed by atoms with Crippen LogP contribution in [0.15, 0.2) is 48.7 Å². The van der Waals surface area contributed by atoms with Crippen molar-refractivity contribution in [2.24, 2.45) is 7.05 Å². The zero-order chi connectivity index (χ0) is 17.6. The van der Waals surface area contributed by atoms with Gasteiger partial charge in [-0.25, -0.2) is 8.78 Å². The summed E-state index contributed by atoms with van der Waals surface area (Å²) in [4.78, 5) is 14.5. The molecule has 0 aliphatic carbocycles. The second-order valence-corrected chi connectivity index (χ2v) is 5.83. The first-order valence-corrected chi connectivity index (χ1v) is 7.68. The zero-order valence-corrected chi connectivity index (χ0v) is 13.3. The maximum Gasteiger partial charge on any atom is 0.258 e. The molecule has 25 heavy (non-hydrogen) atoms. The van der Waals surface area contributed by atoms with Crippen LogP contribution in [0.2, 0.25) is 0 Å². The SMILES string of the molecule is Cn1ncc2c1Nc1ccccc1N(C(=O)c1cc(F)cc(F)c1)C2. The highest BCUT2D eigenvalue weighted by Crippen LogP contribution is 2.36. The van der Waals surface area contributed by atoms with Crippen molar-refractivity contribution < 1.29 is 13.6 Å². The van der Waals surface area contributed by atoms with Gasteiger partial charge in [-0.1, -0.05) is 12.1 Å². The Morgan fingerprint density at radius 2 is 1.88 bits per heavy atom. The number of halogens is 2. The molecule has 126 valence electrons. The monoisotopic (exact) mass is 340 g/mol. The van der Waals surface area contributed by atoms with Crippen LogP contribution in [-0.2, 0) is 13.6 Å². The third-order valence-corrected chi connectivity index (χ3v) is 4.15. The highest BCUT2D eigenvalue weighted by atomic mass is 19.1. The molecule has 1 aliphatic heterocycles. The molecule has 1 amide bonds. The van der Waals surface area contributed by atoms with Crippen LogP contribution in [0.1, 0.15) is 15.9 Å². The van der Waals surface area contributed by atoms with Crippen molar-refractivity contribution in [1.29, 1.82) is 0 Å². The van der Waals surface area contributed by atoms with Crippen molar-refractivity contribution in [1.82, 2.24) is 9.78 Å². The van der Waals surface area contributed by atoms with E-state index in [4.69, 9.17) is 0 Å². The van der Waals surface area contributed by atoms with Gasteiger partial charge in [0, 0.05) is 24.2 Å². The van der Waals surface area contributed by atoms with Crippen molar-refractivity contribution in [3.63, 3.8) is 0 Å². The molecule has 2 aromatic carbocycles. The summed E-state index contributed by atoms with van der Waals surface area (Å²) < 4.78 is 28.8. The molecule has 0 bridgehead atoms. The molecule has 4 rings (SSSR count). The number of aryl methyl sites for hydroxylation is 1. The lowest BCUT2D eigenvalue weighted by molar-refractivity contribution is 0.0984. The Bertz CT molecular complexity index is 963. The van der Waals surface area contributed by atoms with Crippen LogP contribution in [0.3, 0.4) is 0 Å². The van der Waals surface area contributed by atoms with Gasteiger partial charge >= 0.3 is 0 Å². The second kappa shape index (κ2) is 5.70. The fourth-order valence-electron chi connectivity index (χ4n) is 2.97. The summed E-state index contributed by atoms with van der Waals surface area (Å²) in [5, 5.41) is 7.47. The Morgan fingerprint density at radius 3 is 2.64 bits per heavy atom. The summed E-state index contributed by atoms with van der Waals surface area (Å²) in [6, 6.07) is 10.1. The van der Waals surface area contributed by atoms with Gasteiger partial charge in [-0.05, 0) is 24.3 Å². The molecule has 0 spiro atoms. The summed E-state index contributed by atoms with van der Waals surface area (Å²) in [6.45, 7) is 0.240. The summed E-state index contributed by atoms with van der Waals surface area (Å²) in [5.41, 5.74) is 2.12. The number of hydrogen-bond acceptors (Lipinski definition) is 3. The fourth-order valence-corrected chi connectivity index (χ4v) is 2.97. The van der Waals surface area contributed by atoms with E-state index >= 15 is 0 Å². The molecule has 3 aromatic rings. The molecule has 7 heteroatoms. The smallest absolute Gasteiger partial charge is 0.258 e. The van der Waals surface area contributed by atoms with Crippen molar-refractivity contribution in [2.75, 3.05) is 10.2 Å². The quantitative estimate of drug-likeness (QED) is 0.736. The van der Waals surface area contributed by atoms with Gasteiger partial charge in [0.15, 0.2) is 0 Å². The van der Waals surface area contributed by atoms with Crippen LogP contribution in [0.5, 0.6) is 0 Å². The molecule has 1 aromatic heterocycles. The highest BCUT2D eigenvalue weighted by Gasteiger charge is 2.27. The van der Waals surface area contributed by atoms with E-state index in [9.17, 15) is 13.6 Å². The van der Waals surface area contributed by atoms with Crippen LogP contribution in [0, 0.1) is 11.6 Å². The lowest BCUT2D eigenvalue weighted by atomic mass is 10.1. The molecule has 2 heterocycles. The van der Waals surface area contributed by atoms with Crippen molar-refractivity contribution in [3.8, 4) is 0 Å². The van der Waals surface area contributed by atoms with E-state index < -0.39 is 17.5 Å². The van der Waals surface area contributed by atoms with Crippen LogP contribution in [0.25, 0.3) is 0 Å². The molecule has 1 N–H and O–H groups in total. The van der Waals surface area contributed by atoms with E-state index in [1.165, 1.54) is 4.90 Å². The van der Waals surface area contributed by atoms with Crippen molar-refractivity contribution in [3.05, 3.63) is 71.4 Å². The zero-order valence-electron chi connectivity index (χ0n) is 13.3. The molecule has 5 nitrogen and oxygen atoms in total. The predicted octanol–water partition coefficient (Wildman–Crippen LogP) is 3.60. The maximum absolute atomic E-state index is 13.5. The van der Waals surface area contributed by atoms with E-state index in [1.54, 1.807) is 30.1 Å². The number of carbonyl (C=O) groups excluding carboxylic acids is 1. The Balaban J connectivity index is 1.84. The minimum absolute atomic E-state index is 0.0420. The topological polar surface area (TPSA) is 50.2 Å². The highest BCUT2D eigenvalue weighted by molar-refractivity contribution is 6.08. The third-order valence-electron chi connectivity index (χ3n) is 4.15. The first-order chi connectivity index (χ1) is 12.0. The third kappa shape index (κ3) is 2.63. The summed E-state index contributed by atoms with van der Waals surface area (Å²) >= 11 is 0. The molecule has 0 unspecified atom stereocenters. The molecule has 0 radical (unpaired) electrons.